The molecule has 0 saturated heterocycles. The Hall–Kier alpha value is -1.55. The van der Waals surface area contributed by atoms with Crippen LogP contribution >= 0.6 is 0 Å². The summed E-state index contributed by atoms with van der Waals surface area (Å²) in [5.74, 6) is 0.862. The first-order valence-corrected chi connectivity index (χ1v) is 7.36. The van der Waals surface area contributed by atoms with E-state index >= 15 is 0 Å². The summed E-state index contributed by atoms with van der Waals surface area (Å²) in [6.45, 7) is 11.3. The molecule has 0 heterocycles. The van der Waals surface area contributed by atoms with Gasteiger partial charge in [-0.1, -0.05) is 24.3 Å². The molecule has 4 heteroatoms. The summed E-state index contributed by atoms with van der Waals surface area (Å²) in [4.78, 5) is 4.58. The third-order valence-corrected chi connectivity index (χ3v) is 2.69. The van der Waals surface area contributed by atoms with Gasteiger partial charge in [-0.15, -0.1) is 0 Å². The number of guanidine groups is 1. The van der Waals surface area contributed by atoms with Crippen molar-refractivity contribution in [1.82, 2.24) is 10.6 Å². The van der Waals surface area contributed by atoms with E-state index in [0.29, 0.717) is 19.2 Å². The first-order chi connectivity index (χ1) is 9.65. The zero-order valence-corrected chi connectivity index (χ0v) is 13.1. The summed E-state index contributed by atoms with van der Waals surface area (Å²) in [6, 6.07) is 8.79. The summed E-state index contributed by atoms with van der Waals surface area (Å²) in [7, 11) is 0. The zero-order valence-electron chi connectivity index (χ0n) is 13.1. The van der Waals surface area contributed by atoms with Gasteiger partial charge in [-0.3, -0.25) is 0 Å². The van der Waals surface area contributed by atoms with Gasteiger partial charge in [-0.25, -0.2) is 4.99 Å². The molecule has 0 saturated carbocycles. The highest BCUT2D eigenvalue weighted by molar-refractivity contribution is 5.79. The molecule has 0 spiro atoms. The lowest BCUT2D eigenvalue weighted by molar-refractivity contribution is 0.134. The van der Waals surface area contributed by atoms with Crippen molar-refractivity contribution in [3.8, 4) is 0 Å². The van der Waals surface area contributed by atoms with E-state index in [1.54, 1.807) is 0 Å². The minimum atomic E-state index is 0.376. The van der Waals surface area contributed by atoms with Crippen molar-refractivity contribution in [3.05, 3.63) is 35.4 Å². The monoisotopic (exact) mass is 277 g/mol. The van der Waals surface area contributed by atoms with E-state index in [1.807, 2.05) is 6.92 Å². The van der Waals surface area contributed by atoms with Crippen LogP contribution in [0.2, 0.25) is 0 Å². The van der Waals surface area contributed by atoms with E-state index in [4.69, 9.17) is 4.74 Å². The number of nitrogens with zero attached hydrogens (tertiary/aromatic N) is 1. The molecule has 0 aliphatic rings. The Kier molecular flexibility index (Phi) is 7.73. The minimum Gasteiger partial charge on any atom is -0.377 e. The van der Waals surface area contributed by atoms with Crippen LogP contribution in [0, 0.1) is 0 Å². The van der Waals surface area contributed by atoms with Crippen molar-refractivity contribution in [2.24, 2.45) is 4.99 Å². The molecule has 0 radical (unpaired) electrons. The highest BCUT2D eigenvalue weighted by Crippen LogP contribution is 2.07. The molecule has 0 bridgehead atoms. The van der Waals surface area contributed by atoms with Gasteiger partial charge in [0.05, 0.1) is 13.2 Å². The summed E-state index contributed by atoms with van der Waals surface area (Å²) >= 11 is 0. The Labute approximate surface area is 122 Å². The molecular weight excluding hydrogens is 250 g/mol. The van der Waals surface area contributed by atoms with Gasteiger partial charge >= 0.3 is 0 Å². The number of ether oxygens (including phenoxy) is 1. The van der Waals surface area contributed by atoms with Crippen LogP contribution in [0.4, 0.5) is 0 Å². The van der Waals surface area contributed by atoms with E-state index in [0.717, 1.165) is 19.1 Å². The van der Waals surface area contributed by atoms with Crippen molar-refractivity contribution < 1.29 is 4.74 Å². The van der Waals surface area contributed by atoms with Crippen LogP contribution in [0.5, 0.6) is 0 Å². The SMILES string of the molecule is CCNC(=NCc1ccc(COCC)cc1)NC(C)C. The Morgan fingerprint density at radius 1 is 1.15 bits per heavy atom. The van der Waals surface area contributed by atoms with E-state index in [2.05, 4.69) is 60.7 Å². The maximum absolute atomic E-state index is 5.39. The standard InChI is InChI=1S/C16H27N3O/c1-5-17-16(19-13(3)4)18-11-14-7-9-15(10-8-14)12-20-6-2/h7-10,13H,5-6,11-12H2,1-4H3,(H2,17,18,19). The molecule has 2 N–H and O–H groups in total. The lowest BCUT2D eigenvalue weighted by Crippen LogP contribution is -2.40. The average Bonchev–Trinajstić information content (AvgIpc) is 2.43. The van der Waals surface area contributed by atoms with Crippen molar-refractivity contribution in [3.63, 3.8) is 0 Å². The van der Waals surface area contributed by atoms with Gasteiger partial charge in [0.1, 0.15) is 0 Å². The zero-order chi connectivity index (χ0) is 14.8. The molecule has 112 valence electrons. The van der Waals surface area contributed by atoms with Crippen LogP contribution in [-0.2, 0) is 17.9 Å². The third-order valence-electron chi connectivity index (χ3n) is 2.69. The lowest BCUT2D eigenvalue weighted by Gasteiger charge is -2.14. The molecule has 1 aromatic rings. The van der Waals surface area contributed by atoms with Crippen LogP contribution in [0.1, 0.15) is 38.8 Å². The molecule has 0 atom stereocenters. The third kappa shape index (κ3) is 6.57. The van der Waals surface area contributed by atoms with Crippen molar-refractivity contribution in [1.29, 1.82) is 0 Å². The maximum Gasteiger partial charge on any atom is 0.191 e. The summed E-state index contributed by atoms with van der Waals surface area (Å²) < 4.78 is 5.39. The van der Waals surface area contributed by atoms with Gasteiger partial charge in [0, 0.05) is 19.2 Å². The number of benzene rings is 1. The number of nitrogens with one attached hydrogen (secondary N) is 2. The Balaban J connectivity index is 2.57. The lowest BCUT2D eigenvalue weighted by atomic mass is 10.1. The largest absolute Gasteiger partial charge is 0.377 e. The molecule has 20 heavy (non-hydrogen) atoms. The first kappa shape index (κ1) is 16.5. The van der Waals surface area contributed by atoms with Gasteiger partial charge in [0.2, 0.25) is 0 Å². The molecule has 0 aromatic heterocycles. The topological polar surface area (TPSA) is 45.7 Å². The molecule has 0 amide bonds. The van der Waals surface area contributed by atoms with E-state index in [9.17, 15) is 0 Å². The van der Waals surface area contributed by atoms with Crippen LogP contribution in [0.25, 0.3) is 0 Å². The second-order valence-electron chi connectivity index (χ2n) is 4.95. The van der Waals surface area contributed by atoms with Crippen LogP contribution in [0.3, 0.4) is 0 Å². The van der Waals surface area contributed by atoms with Crippen LogP contribution in [0.15, 0.2) is 29.3 Å². The average molecular weight is 277 g/mol. The van der Waals surface area contributed by atoms with Crippen LogP contribution < -0.4 is 10.6 Å². The van der Waals surface area contributed by atoms with Crippen molar-refractivity contribution >= 4 is 5.96 Å². The fourth-order valence-electron chi connectivity index (χ4n) is 1.72. The second kappa shape index (κ2) is 9.37. The number of rotatable bonds is 7. The smallest absolute Gasteiger partial charge is 0.191 e. The summed E-state index contributed by atoms with van der Waals surface area (Å²) in [5, 5.41) is 6.55. The van der Waals surface area contributed by atoms with Gasteiger partial charge in [-0.05, 0) is 38.8 Å². The first-order valence-electron chi connectivity index (χ1n) is 7.36. The number of hydrogen-bond donors (Lipinski definition) is 2. The fraction of sp³-hybridized carbons (Fsp3) is 0.562. The molecular formula is C16H27N3O. The summed E-state index contributed by atoms with van der Waals surface area (Å²) in [5.41, 5.74) is 2.40. The molecule has 0 aliphatic carbocycles. The predicted octanol–water partition coefficient (Wildman–Crippen LogP) is 2.69. The van der Waals surface area contributed by atoms with Crippen LogP contribution in [-0.4, -0.2) is 25.2 Å². The number of aliphatic imine (C=N–C) groups is 1. The highest BCUT2D eigenvalue weighted by Gasteiger charge is 2.00. The Morgan fingerprint density at radius 3 is 2.35 bits per heavy atom. The molecule has 0 unspecified atom stereocenters. The van der Waals surface area contributed by atoms with Gasteiger partial charge in [0.15, 0.2) is 5.96 Å². The second-order valence-corrected chi connectivity index (χ2v) is 4.95. The van der Waals surface area contributed by atoms with Gasteiger partial charge < -0.3 is 15.4 Å². The van der Waals surface area contributed by atoms with Crippen molar-refractivity contribution in [2.45, 2.75) is 46.9 Å². The van der Waals surface area contributed by atoms with Gasteiger partial charge in [0.25, 0.3) is 0 Å². The Bertz CT molecular complexity index is 399. The normalized spacial score (nSPS) is 11.8. The predicted molar refractivity (Wildman–Crippen MR) is 84.9 cm³/mol. The van der Waals surface area contributed by atoms with Crippen molar-refractivity contribution in [2.75, 3.05) is 13.2 Å². The molecule has 1 rings (SSSR count). The fourth-order valence-corrected chi connectivity index (χ4v) is 1.72. The molecule has 4 nitrogen and oxygen atoms in total. The Morgan fingerprint density at radius 2 is 1.80 bits per heavy atom. The van der Waals surface area contributed by atoms with Gasteiger partial charge in [-0.2, -0.15) is 0 Å². The molecule has 1 aromatic carbocycles. The summed E-state index contributed by atoms with van der Waals surface area (Å²) in [6.07, 6.45) is 0. The van der Waals surface area contributed by atoms with E-state index < -0.39 is 0 Å². The maximum atomic E-state index is 5.39. The van der Waals surface area contributed by atoms with E-state index in [1.165, 1.54) is 11.1 Å². The number of hydrogen-bond acceptors (Lipinski definition) is 2. The quantitative estimate of drug-likeness (QED) is 0.595. The highest BCUT2D eigenvalue weighted by atomic mass is 16.5. The minimum absolute atomic E-state index is 0.376. The van der Waals surface area contributed by atoms with E-state index in [-0.39, 0.29) is 0 Å². The molecule has 0 fully saturated rings. The molecule has 0 aliphatic heterocycles.